The average molecular weight is 399 g/mol. The summed E-state index contributed by atoms with van der Waals surface area (Å²) >= 11 is 6.95. The summed E-state index contributed by atoms with van der Waals surface area (Å²) in [7, 11) is 0. The van der Waals surface area contributed by atoms with Gasteiger partial charge in [-0.1, -0.05) is 59.6 Å². The van der Waals surface area contributed by atoms with E-state index >= 15 is 0 Å². The summed E-state index contributed by atoms with van der Waals surface area (Å²) in [5.74, 6) is 0.111. The van der Waals surface area contributed by atoms with Crippen LogP contribution in [0.2, 0.25) is 0 Å². The molecule has 1 aromatic rings. The van der Waals surface area contributed by atoms with Crippen molar-refractivity contribution in [2.75, 3.05) is 0 Å². The first-order valence-corrected chi connectivity index (χ1v) is 8.45. The first-order chi connectivity index (χ1) is 9.69. The van der Waals surface area contributed by atoms with Crippen LogP contribution < -0.4 is 0 Å². The number of amides is 1. The molecule has 0 N–H and O–H groups in total. The molecule has 0 atom stereocenters. The SMILES string of the molecule is CCCCC1=C(Br)/C(=C/Br)N(Cc2ccccc2)C1=O. The highest BCUT2D eigenvalue weighted by molar-refractivity contribution is 9.12. The van der Waals surface area contributed by atoms with Gasteiger partial charge in [-0.2, -0.15) is 0 Å². The molecule has 2 nitrogen and oxygen atoms in total. The molecule has 0 unspecified atom stereocenters. The van der Waals surface area contributed by atoms with Crippen LogP contribution in [0.5, 0.6) is 0 Å². The first kappa shape index (κ1) is 15.5. The number of hydrogen-bond donors (Lipinski definition) is 0. The van der Waals surface area contributed by atoms with Crippen LogP contribution in [0.3, 0.4) is 0 Å². The van der Waals surface area contributed by atoms with Crippen molar-refractivity contribution in [3.8, 4) is 0 Å². The minimum absolute atomic E-state index is 0.111. The number of carbonyl (C=O) groups is 1. The Morgan fingerprint density at radius 2 is 1.95 bits per heavy atom. The number of carbonyl (C=O) groups excluding carboxylic acids is 1. The molecule has 1 heterocycles. The lowest BCUT2D eigenvalue weighted by atomic mass is 10.1. The van der Waals surface area contributed by atoms with E-state index in [-0.39, 0.29) is 5.91 Å². The van der Waals surface area contributed by atoms with Crippen molar-refractivity contribution in [2.24, 2.45) is 0 Å². The van der Waals surface area contributed by atoms with Gasteiger partial charge in [0.2, 0.25) is 0 Å². The molecule has 0 aromatic heterocycles. The van der Waals surface area contributed by atoms with Crippen molar-refractivity contribution < 1.29 is 4.79 Å². The number of allylic oxidation sites excluding steroid dienone is 1. The number of nitrogens with zero attached hydrogens (tertiary/aromatic N) is 1. The molecule has 106 valence electrons. The van der Waals surface area contributed by atoms with Crippen LogP contribution in [0.4, 0.5) is 0 Å². The zero-order chi connectivity index (χ0) is 14.5. The van der Waals surface area contributed by atoms with Crippen molar-refractivity contribution in [1.82, 2.24) is 4.90 Å². The Hall–Kier alpha value is -0.870. The molecule has 4 heteroatoms. The van der Waals surface area contributed by atoms with Gasteiger partial charge in [-0.3, -0.25) is 4.79 Å². The average Bonchev–Trinajstić information content (AvgIpc) is 2.69. The summed E-state index contributed by atoms with van der Waals surface area (Å²) < 4.78 is 0.920. The van der Waals surface area contributed by atoms with Gasteiger partial charge >= 0.3 is 0 Å². The van der Waals surface area contributed by atoms with E-state index in [0.29, 0.717) is 6.54 Å². The van der Waals surface area contributed by atoms with E-state index in [1.165, 1.54) is 0 Å². The summed E-state index contributed by atoms with van der Waals surface area (Å²) in [6.07, 6.45) is 2.94. The molecular weight excluding hydrogens is 382 g/mol. The molecule has 0 radical (unpaired) electrons. The lowest BCUT2D eigenvalue weighted by molar-refractivity contribution is -0.124. The van der Waals surface area contributed by atoms with E-state index < -0.39 is 0 Å². The Balaban J connectivity index is 2.22. The third kappa shape index (κ3) is 3.23. The molecule has 1 aliphatic heterocycles. The van der Waals surface area contributed by atoms with Crippen LogP contribution in [0, 0.1) is 0 Å². The van der Waals surface area contributed by atoms with Crippen LogP contribution in [-0.2, 0) is 11.3 Å². The van der Waals surface area contributed by atoms with Gasteiger partial charge in [-0.15, -0.1) is 0 Å². The van der Waals surface area contributed by atoms with E-state index in [1.54, 1.807) is 0 Å². The van der Waals surface area contributed by atoms with Crippen LogP contribution in [0.25, 0.3) is 0 Å². The van der Waals surface area contributed by atoms with Gasteiger partial charge in [0.15, 0.2) is 0 Å². The Morgan fingerprint density at radius 3 is 2.55 bits per heavy atom. The zero-order valence-electron chi connectivity index (χ0n) is 11.4. The Labute approximate surface area is 136 Å². The largest absolute Gasteiger partial charge is 0.302 e. The predicted molar refractivity (Wildman–Crippen MR) is 89.5 cm³/mol. The quantitative estimate of drug-likeness (QED) is 0.675. The third-order valence-electron chi connectivity index (χ3n) is 3.35. The van der Waals surface area contributed by atoms with Crippen LogP contribution in [0.1, 0.15) is 31.7 Å². The summed E-state index contributed by atoms with van der Waals surface area (Å²) in [6, 6.07) is 10.0. The number of hydrogen-bond acceptors (Lipinski definition) is 1. The van der Waals surface area contributed by atoms with Crippen molar-refractivity contribution in [2.45, 2.75) is 32.7 Å². The highest BCUT2D eigenvalue weighted by atomic mass is 79.9. The van der Waals surface area contributed by atoms with Gasteiger partial charge in [0.25, 0.3) is 5.91 Å². The molecule has 1 amide bonds. The summed E-state index contributed by atoms with van der Waals surface area (Å²) in [4.78, 5) is 16.2. The fraction of sp³-hybridized carbons (Fsp3) is 0.312. The number of unbranched alkanes of at least 4 members (excludes halogenated alkanes) is 1. The number of benzene rings is 1. The first-order valence-electron chi connectivity index (χ1n) is 6.74. The van der Waals surface area contributed by atoms with E-state index in [9.17, 15) is 4.79 Å². The maximum absolute atomic E-state index is 12.6. The standard InChI is InChI=1S/C16H17Br2NO/c1-2-3-9-13-15(18)14(10-17)19(16(13)20)11-12-7-5-4-6-8-12/h4-8,10H,2-3,9,11H2,1H3/b14-10-. The van der Waals surface area contributed by atoms with Gasteiger partial charge in [-0.05, 0) is 34.3 Å². The fourth-order valence-electron chi connectivity index (χ4n) is 2.24. The topological polar surface area (TPSA) is 20.3 Å². The molecule has 0 aliphatic carbocycles. The molecule has 20 heavy (non-hydrogen) atoms. The molecule has 0 saturated carbocycles. The van der Waals surface area contributed by atoms with E-state index in [2.05, 4.69) is 38.8 Å². The molecule has 0 spiro atoms. The van der Waals surface area contributed by atoms with E-state index in [0.717, 1.165) is 40.6 Å². The van der Waals surface area contributed by atoms with Gasteiger partial charge in [0.1, 0.15) is 0 Å². The highest BCUT2D eigenvalue weighted by Gasteiger charge is 2.32. The van der Waals surface area contributed by atoms with Crippen molar-refractivity contribution in [3.05, 3.63) is 56.6 Å². The van der Waals surface area contributed by atoms with E-state index in [1.807, 2.05) is 40.2 Å². The molecule has 1 aliphatic rings. The normalized spacial score (nSPS) is 17.4. The molecule has 2 rings (SSSR count). The van der Waals surface area contributed by atoms with Crippen molar-refractivity contribution in [3.63, 3.8) is 0 Å². The third-order valence-corrected chi connectivity index (χ3v) is 4.67. The second kappa shape index (κ2) is 7.23. The highest BCUT2D eigenvalue weighted by Crippen LogP contribution is 2.37. The van der Waals surface area contributed by atoms with Crippen LogP contribution in [0.15, 0.2) is 51.1 Å². The Kier molecular flexibility index (Phi) is 5.61. The number of halogens is 2. The Morgan fingerprint density at radius 1 is 1.25 bits per heavy atom. The second-order valence-corrected chi connectivity index (χ2v) is 6.02. The monoisotopic (exact) mass is 397 g/mol. The minimum atomic E-state index is 0.111. The van der Waals surface area contributed by atoms with Gasteiger partial charge in [0.05, 0.1) is 16.7 Å². The zero-order valence-corrected chi connectivity index (χ0v) is 14.6. The lowest BCUT2D eigenvalue weighted by Crippen LogP contribution is -2.25. The van der Waals surface area contributed by atoms with Crippen molar-refractivity contribution >= 4 is 37.8 Å². The minimum Gasteiger partial charge on any atom is -0.302 e. The molecule has 0 bridgehead atoms. The van der Waals surface area contributed by atoms with Gasteiger partial charge in [0, 0.05) is 10.6 Å². The fourth-order valence-corrected chi connectivity index (χ4v) is 3.72. The molecule has 0 saturated heterocycles. The molecule has 0 fully saturated rings. The summed E-state index contributed by atoms with van der Waals surface area (Å²) in [5.41, 5.74) is 2.92. The predicted octanol–water partition coefficient (Wildman–Crippen LogP) is 5.10. The van der Waals surface area contributed by atoms with Crippen LogP contribution >= 0.6 is 31.9 Å². The lowest BCUT2D eigenvalue weighted by Gasteiger charge is -2.18. The maximum Gasteiger partial charge on any atom is 0.255 e. The molecular formula is C16H17Br2NO. The Bertz CT molecular complexity index is 549. The van der Waals surface area contributed by atoms with Gasteiger partial charge in [-0.25, -0.2) is 0 Å². The van der Waals surface area contributed by atoms with Crippen molar-refractivity contribution in [1.29, 1.82) is 0 Å². The van der Waals surface area contributed by atoms with E-state index in [4.69, 9.17) is 0 Å². The molecule has 1 aromatic carbocycles. The maximum atomic E-state index is 12.6. The number of rotatable bonds is 5. The second-order valence-electron chi connectivity index (χ2n) is 4.77. The summed E-state index contributed by atoms with van der Waals surface area (Å²) in [5, 5.41) is 0. The van der Waals surface area contributed by atoms with Crippen LogP contribution in [-0.4, -0.2) is 10.8 Å². The van der Waals surface area contributed by atoms with Gasteiger partial charge < -0.3 is 4.90 Å². The summed E-state index contributed by atoms with van der Waals surface area (Å²) in [6.45, 7) is 2.73. The smallest absolute Gasteiger partial charge is 0.255 e.